The van der Waals surface area contributed by atoms with Gasteiger partial charge in [0, 0.05) is 10.9 Å². The highest BCUT2D eigenvalue weighted by Crippen LogP contribution is 2.45. The van der Waals surface area contributed by atoms with Crippen LogP contribution in [0.3, 0.4) is 0 Å². The van der Waals surface area contributed by atoms with Gasteiger partial charge in [-0.2, -0.15) is 13.5 Å². The molecule has 0 heterocycles. The van der Waals surface area contributed by atoms with Crippen LogP contribution in [0, 0.1) is 27.7 Å². The highest BCUT2D eigenvalue weighted by molar-refractivity contribution is 7.86. The lowest BCUT2D eigenvalue weighted by Gasteiger charge is -2.15. The Labute approximate surface area is 209 Å². The van der Waals surface area contributed by atoms with Crippen LogP contribution in [0.25, 0.3) is 10.8 Å². The van der Waals surface area contributed by atoms with Crippen molar-refractivity contribution in [1.82, 2.24) is 0 Å². The summed E-state index contributed by atoms with van der Waals surface area (Å²) in [5.74, 6) is -0.932. The Balaban J connectivity index is 1.93. The van der Waals surface area contributed by atoms with Gasteiger partial charge in [0.2, 0.25) is 0 Å². The van der Waals surface area contributed by atoms with E-state index in [-0.39, 0.29) is 11.1 Å². The summed E-state index contributed by atoms with van der Waals surface area (Å²) in [5.41, 5.74) is 3.97. The number of hydrogen-bond donors (Lipinski definition) is 3. The molecular formula is C27H25N3O5S. The van der Waals surface area contributed by atoms with E-state index in [9.17, 15) is 22.9 Å². The zero-order valence-electron chi connectivity index (χ0n) is 20.2. The van der Waals surface area contributed by atoms with Crippen molar-refractivity contribution >= 4 is 43.9 Å². The monoisotopic (exact) mass is 503 g/mol. The zero-order valence-corrected chi connectivity index (χ0v) is 21.0. The smallest absolute Gasteiger partial charge is 0.296 e. The summed E-state index contributed by atoms with van der Waals surface area (Å²) in [7, 11) is -4.77. The fourth-order valence-electron chi connectivity index (χ4n) is 3.91. The number of carbonyl (C=O) groups is 1. The normalized spacial score (nSPS) is 11.8. The summed E-state index contributed by atoms with van der Waals surface area (Å²) < 4.78 is 34.4. The molecule has 3 N–H and O–H groups in total. The predicted octanol–water partition coefficient (Wildman–Crippen LogP) is 6.69. The van der Waals surface area contributed by atoms with Gasteiger partial charge in [-0.15, -0.1) is 5.11 Å². The summed E-state index contributed by atoms with van der Waals surface area (Å²) in [6, 6.07) is 17.1. The number of phenolic OH excluding ortho intramolecular Hbond substituents is 1. The molecule has 184 valence electrons. The second-order valence-electron chi connectivity index (χ2n) is 8.71. The van der Waals surface area contributed by atoms with E-state index in [0.717, 1.165) is 16.7 Å². The topological polar surface area (TPSA) is 128 Å². The summed E-state index contributed by atoms with van der Waals surface area (Å²) >= 11 is 0. The summed E-state index contributed by atoms with van der Waals surface area (Å²) in [4.78, 5) is 12.3. The van der Waals surface area contributed by atoms with Crippen molar-refractivity contribution in [3.05, 3.63) is 88.5 Å². The molecule has 8 nitrogen and oxygen atoms in total. The fourth-order valence-corrected chi connectivity index (χ4v) is 4.56. The summed E-state index contributed by atoms with van der Waals surface area (Å²) in [6.07, 6.45) is 0. The Hall–Kier alpha value is -4.08. The van der Waals surface area contributed by atoms with Crippen molar-refractivity contribution in [2.24, 2.45) is 10.2 Å². The Bertz CT molecular complexity index is 1660. The Morgan fingerprint density at radius 2 is 1.56 bits per heavy atom. The lowest BCUT2D eigenvalue weighted by molar-refractivity contribution is 0.102. The largest absolute Gasteiger partial charge is 0.505 e. The van der Waals surface area contributed by atoms with Gasteiger partial charge in [-0.3, -0.25) is 9.35 Å². The number of anilines is 1. The molecule has 0 aromatic heterocycles. The molecule has 0 aliphatic rings. The molecule has 0 saturated heterocycles. The van der Waals surface area contributed by atoms with Gasteiger partial charge in [-0.1, -0.05) is 35.9 Å². The number of nitrogens with one attached hydrogen (secondary N) is 1. The van der Waals surface area contributed by atoms with E-state index in [0.29, 0.717) is 22.2 Å². The van der Waals surface area contributed by atoms with Crippen molar-refractivity contribution in [3.8, 4) is 5.75 Å². The second kappa shape index (κ2) is 9.52. The third kappa shape index (κ3) is 4.98. The molecule has 1 amide bonds. The maximum atomic E-state index is 12.9. The molecule has 0 aliphatic heterocycles. The first-order valence-electron chi connectivity index (χ1n) is 11.1. The molecule has 0 spiro atoms. The van der Waals surface area contributed by atoms with Gasteiger partial charge in [-0.05, 0) is 80.1 Å². The van der Waals surface area contributed by atoms with E-state index in [4.69, 9.17) is 0 Å². The maximum Gasteiger partial charge on any atom is 0.296 e. The first kappa shape index (κ1) is 25.0. The van der Waals surface area contributed by atoms with Crippen LogP contribution in [-0.2, 0) is 10.1 Å². The fraction of sp³-hybridized carbons (Fsp3) is 0.148. The first-order chi connectivity index (χ1) is 17.0. The minimum absolute atomic E-state index is 0.179. The van der Waals surface area contributed by atoms with E-state index in [1.165, 1.54) is 6.07 Å². The van der Waals surface area contributed by atoms with E-state index in [1.807, 2.05) is 39.0 Å². The van der Waals surface area contributed by atoms with Crippen LogP contribution < -0.4 is 5.32 Å². The standard InChI is InChI=1S/C27H25N3O5S/c1-15-6-5-7-19(12-15)27(32)28-21-11-10-17(3)20-14-23(36(33,34)35)25(26(31)24(20)21)30-29-22-13-16(2)8-9-18(22)4/h5-14,31H,1-4H3,(H,28,32)(H,33,34,35). The number of aryl methyl sites for hydroxylation is 4. The molecule has 0 aliphatic carbocycles. The van der Waals surface area contributed by atoms with Gasteiger partial charge in [0.05, 0.1) is 11.4 Å². The first-order valence-corrected chi connectivity index (χ1v) is 12.5. The Morgan fingerprint density at radius 3 is 2.25 bits per heavy atom. The molecule has 0 fully saturated rings. The van der Waals surface area contributed by atoms with Gasteiger partial charge in [-0.25, -0.2) is 0 Å². The minimum atomic E-state index is -4.77. The molecule has 4 rings (SSSR count). The van der Waals surface area contributed by atoms with Crippen LogP contribution >= 0.6 is 0 Å². The predicted molar refractivity (Wildman–Crippen MR) is 139 cm³/mol. The van der Waals surface area contributed by atoms with Gasteiger partial charge in [0.25, 0.3) is 16.0 Å². The van der Waals surface area contributed by atoms with Crippen LogP contribution in [0.5, 0.6) is 5.75 Å². The number of aromatic hydroxyl groups is 1. The van der Waals surface area contributed by atoms with Crippen LogP contribution in [0.2, 0.25) is 0 Å². The van der Waals surface area contributed by atoms with Crippen molar-refractivity contribution in [2.45, 2.75) is 32.6 Å². The number of fused-ring (bicyclic) bond motifs is 1. The number of rotatable bonds is 5. The number of azo groups is 1. The number of phenols is 1. The van der Waals surface area contributed by atoms with Gasteiger partial charge in [0.15, 0.2) is 5.75 Å². The molecule has 0 atom stereocenters. The minimum Gasteiger partial charge on any atom is -0.505 e. The number of carbonyl (C=O) groups excluding carboxylic acids is 1. The van der Waals surface area contributed by atoms with Crippen LogP contribution in [0.1, 0.15) is 32.6 Å². The quantitative estimate of drug-likeness (QED) is 0.206. The van der Waals surface area contributed by atoms with Gasteiger partial charge < -0.3 is 10.4 Å². The van der Waals surface area contributed by atoms with Gasteiger partial charge in [0.1, 0.15) is 10.6 Å². The number of amides is 1. The molecular weight excluding hydrogens is 478 g/mol. The summed E-state index contributed by atoms with van der Waals surface area (Å²) in [5, 5.41) is 22.7. The highest BCUT2D eigenvalue weighted by atomic mass is 32.2. The lowest BCUT2D eigenvalue weighted by atomic mass is 10.0. The maximum absolute atomic E-state index is 12.9. The lowest BCUT2D eigenvalue weighted by Crippen LogP contribution is -2.12. The third-order valence-electron chi connectivity index (χ3n) is 5.86. The molecule has 9 heteroatoms. The Kier molecular flexibility index (Phi) is 6.62. The van der Waals surface area contributed by atoms with E-state index in [1.54, 1.807) is 43.3 Å². The van der Waals surface area contributed by atoms with Crippen LogP contribution in [0.4, 0.5) is 17.1 Å². The highest BCUT2D eigenvalue weighted by Gasteiger charge is 2.25. The third-order valence-corrected chi connectivity index (χ3v) is 6.73. The van der Waals surface area contributed by atoms with E-state index in [2.05, 4.69) is 15.5 Å². The average Bonchev–Trinajstić information content (AvgIpc) is 2.81. The van der Waals surface area contributed by atoms with Gasteiger partial charge >= 0.3 is 0 Å². The van der Waals surface area contributed by atoms with E-state index < -0.39 is 32.4 Å². The number of hydrogen-bond acceptors (Lipinski definition) is 6. The van der Waals surface area contributed by atoms with Crippen molar-refractivity contribution in [2.75, 3.05) is 5.32 Å². The molecule has 4 aromatic rings. The number of nitrogens with zero attached hydrogens (tertiary/aromatic N) is 2. The Morgan fingerprint density at radius 1 is 0.861 bits per heavy atom. The SMILES string of the molecule is Cc1cccc(C(=O)Nc2ccc(C)c3cc(S(=O)(=O)O)c(N=Nc4cc(C)ccc4C)c(O)c23)c1. The molecule has 0 bridgehead atoms. The molecule has 0 radical (unpaired) electrons. The zero-order chi connectivity index (χ0) is 26.2. The van der Waals surface area contributed by atoms with Crippen molar-refractivity contribution in [1.29, 1.82) is 0 Å². The molecule has 0 saturated carbocycles. The van der Waals surface area contributed by atoms with Crippen molar-refractivity contribution in [3.63, 3.8) is 0 Å². The van der Waals surface area contributed by atoms with Crippen LogP contribution in [-0.4, -0.2) is 24.0 Å². The van der Waals surface area contributed by atoms with Crippen LogP contribution in [0.15, 0.2) is 75.8 Å². The average molecular weight is 504 g/mol. The second-order valence-corrected chi connectivity index (χ2v) is 10.1. The van der Waals surface area contributed by atoms with E-state index >= 15 is 0 Å². The summed E-state index contributed by atoms with van der Waals surface area (Å²) in [6.45, 7) is 7.29. The van der Waals surface area contributed by atoms with Crippen molar-refractivity contribution < 1.29 is 22.9 Å². The number of benzene rings is 4. The molecule has 4 aromatic carbocycles. The molecule has 0 unspecified atom stereocenters. The molecule has 36 heavy (non-hydrogen) atoms.